The Labute approximate surface area is 96.6 Å². The Kier molecular flexibility index (Phi) is 4.34. The van der Waals surface area contributed by atoms with E-state index in [0.29, 0.717) is 12.6 Å². The van der Waals surface area contributed by atoms with Gasteiger partial charge in [0.25, 0.3) is 0 Å². The number of hydrogen-bond donors (Lipinski definition) is 1. The third-order valence-corrected chi connectivity index (χ3v) is 2.28. The van der Waals surface area contributed by atoms with Gasteiger partial charge in [0.05, 0.1) is 17.4 Å². The zero-order valence-corrected chi connectivity index (χ0v) is 9.44. The molecule has 6 heteroatoms. The molecule has 96 valence electrons. The van der Waals surface area contributed by atoms with Crippen molar-refractivity contribution < 1.29 is 22.3 Å². The van der Waals surface area contributed by atoms with Crippen molar-refractivity contribution in [2.24, 2.45) is 0 Å². The number of anilines is 1. The number of hydrogen-bond acceptors (Lipinski definition) is 2. The summed E-state index contributed by atoms with van der Waals surface area (Å²) in [5.41, 5.74) is -0.970. The van der Waals surface area contributed by atoms with Crippen LogP contribution in [0.25, 0.3) is 0 Å². The van der Waals surface area contributed by atoms with Crippen LogP contribution < -0.4 is 5.32 Å². The smallest absolute Gasteiger partial charge is 0.380 e. The highest BCUT2D eigenvalue weighted by atomic mass is 19.4. The van der Waals surface area contributed by atoms with Crippen LogP contribution in [0.4, 0.5) is 23.2 Å². The predicted molar refractivity (Wildman–Crippen MR) is 56.4 cm³/mol. The lowest BCUT2D eigenvalue weighted by Crippen LogP contribution is -2.18. The first-order chi connectivity index (χ1) is 7.84. The largest absolute Gasteiger partial charge is 0.416 e. The van der Waals surface area contributed by atoms with Crippen LogP contribution in [-0.2, 0) is 10.9 Å². The number of nitrogens with one attached hydrogen (secondary N) is 1. The average molecular weight is 251 g/mol. The summed E-state index contributed by atoms with van der Waals surface area (Å²) in [6, 6.07) is 2.38. The average Bonchev–Trinajstić information content (AvgIpc) is 2.25. The van der Waals surface area contributed by atoms with Crippen LogP contribution in [0.2, 0.25) is 0 Å². The second-order valence-electron chi connectivity index (χ2n) is 3.62. The molecule has 2 nitrogen and oxygen atoms in total. The molecule has 0 spiro atoms. The molecule has 0 fully saturated rings. The summed E-state index contributed by atoms with van der Waals surface area (Å²) in [7, 11) is 1.50. The quantitative estimate of drug-likeness (QED) is 0.829. The third kappa shape index (κ3) is 3.89. The van der Waals surface area contributed by atoms with E-state index in [1.165, 1.54) is 7.11 Å². The molecule has 0 bridgehead atoms. The molecule has 17 heavy (non-hydrogen) atoms. The fourth-order valence-electron chi connectivity index (χ4n) is 1.17. The van der Waals surface area contributed by atoms with Gasteiger partial charge in [0, 0.05) is 13.7 Å². The van der Waals surface area contributed by atoms with Crippen LogP contribution in [0.5, 0.6) is 0 Å². The van der Waals surface area contributed by atoms with Gasteiger partial charge in [-0.2, -0.15) is 13.2 Å². The molecule has 1 rings (SSSR count). The highest BCUT2D eigenvalue weighted by molar-refractivity contribution is 5.46. The van der Waals surface area contributed by atoms with Gasteiger partial charge < -0.3 is 10.1 Å². The van der Waals surface area contributed by atoms with Gasteiger partial charge in [-0.15, -0.1) is 0 Å². The Morgan fingerprint density at radius 1 is 1.35 bits per heavy atom. The minimum absolute atomic E-state index is 0.0295. The molecule has 0 saturated heterocycles. The van der Waals surface area contributed by atoms with Crippen molar-refractivity contribution in [2.45, 2.75) is 19.2 Å². The summed E-state index contributed by atoms with van der Waals surface area (Å²) in [5.74, 6) is -0.928. The molecule has 0 radical (unpaired) electrons. The van der Waals surface area contributed by atoms with Gasteiger partial charge in [0.2, 0.25) is 0 Å². The van der Waals surface area contributed by atoms with E-state index in [9.17, 15) is 17.6 Å². The molecular formula is C11H13F4NO. The highest BCUT2D eigenvalue weighted by Crippen LogP contribution is 2.31. The zero-order valence-electron chi connectivity index (χ0n) is 9.44. The first kappa shape index (κ1) is 13.8. The minimum Gasteiger partial charge on any atom is -0.380 e. The van der Waals surface area contributed by atoms with Gasteiger partial charge in [0.1, 0.15) is 5.82 Å². The summed E-state index contributed by atoms with van der Waals surface area (Å²) in [6.45, 7) is 2.08. The fourth-order valence-corrected chi connectivity index (χ4v) is 1.17. The lowest BCUT2D eigenvalue weighted by molar-refractivity contribution is -0.137. The monoisotopic (exact) mass is 251 g/mol. The van der Waals surface area contributed by atoms with Crippen molar-refractivity contribution in [3.05, 3.63) is 29.6 Å². The molecule has 1 N–H and O–H groups in total. The second-order valence-corrected chi connectivity index (χ2v) is 3.62. The summed E-state index contributed by atoms with van der Waals surface area (Å²) < 4.78 is 55.0. The summed E-state index contributed by atoms with van der Waals surface area (Å²) in [4.78, 5) is 0. The number of rotatable bonds is 4. The maximum atomic E-state index is 13.3. The van der Waals surface area contributed by atoms with Crippen molar-refractivity contribution in [1.29, 1.82) is 0 Å². The van der Waals surface area contributed by atoms with E-state index in [1.807, 2.05) is 0 Å². The lowest BCUT2D eigenvalue weighted by atomic mass is 10.2. The predicted octanol–water partition coefficient (Wildman–Crippen LogP) is 3.29. The van der Waals surface area contributed by atoms with E-state index in [1.54, 1.807) is 6.92 Å². The van der Waals surface area contributed by atoms with Crippen LogP contribution >= 0.6 is 0 Å². The van der Waals surface area contributed by atoms with E-state index in [4.69, 9.17) is 4.74 Å². The minimum atomic E-state index is -4.53. The molecule has 0 aliphatic carbocycles. The maximum Gasteiger partial charge on any atom is 0.416 e. The van der Waals surface area contributed by atoms with E-state index in [2.05, 4.69) is 5.32 Å². The molecule has 1 aromatic rings. The summed E-state index contributed by atoms with van der Waals surface area (Å²) >= 11 is 0. The van der Waals surface area contributed by atoms with E-state index in [0.717, 1.165) is 12.1 Å². The Morgan fingerprint density at radius 3 is 2.47 bits per heavy atom. The number of ether oxygens (including phenoxy) is 1. The Bertz CT molecular complexity index is 378. The van der Waals surface area contributed by atoms with Crippen LogP contribution in [0.1, 0.15) is 12.5 Å². The van der Waals surface area contributed by atoms with Crippen LogP contribution in [0.3, 0.4) is 0 Å². The van der Waals surface area contributed by atoms with Crippen molar-refractivity contribution in [3.8, 4) is 0 Å². The highest BCUT2D eigenvalue weighted by Gasteiger charge is 2.31. The molecule has 0 saturated carbocycles. The number of benzene rings is 1. The summed E-state index contributed by atoms with van der Waals surface area (Å²) in [5, 5.41) is 2.67. The lowest BCUT2D eigenvalue weighted by Gasteiger charge is -2.13. The fraction of sp³-hybridized carbons (Fsp3) is 0.455. The Balaban J connectivity index is 2.77. The molecular weight excluding hydrogens is 238 g/mol. The third-order valence-electron chi connectivity index (χ3n) is 2.28. The first-order valence-corrected chi connectivity index (χ1v) is 4.98. The Morgan fingerprint density at radius 2 is 2.00 bits per heavy atom. The normalized spacial score (nSPS) is 13.5. The summed E-state index contributed by atoms with van der Waals surface area (Å²) in [6.07, 6.45) is -4.68. The maximum absolute atomic E-state index is 13.3. The van der Waals surface area contributed by atoms with E-state index in [-0.39, 0.29) is 11.8 Å². The molecule has 0 aliphatic rings. The van der Waals surface area contributed by atoms with Crippen LogP contribution in [0, 0.1) is 5.82 Å². The van der Waals surface area contributed by atoms with Gasteiger partial charge in [0.15, 0.2) is 0 Å². The first-order valence-electron chi connectivity index (χ1n) is 4.98. The standard InChI is InChI=1S/C11H13F4NO/c1-7(17-2)6-16-10-4-3-8(5-9(10)12)11(13,14)15/h3-5,7,16H,6H2,1-2H3. The van der Waals surface area contributed by atoms with Gasteiger partial charge in [-0.1, -0.05) is 0 Å². The van der Waals surface area contributed by atoms with E-state index >= 15 is 0 Å². The SMILES string of the molecule is COC(C)CNc1ccc(C(F)(F)F)cc1F. The second kappa shape index (κ2) is 5.35. The molecule has 1 atom stereocenters. The zero-order chi connectivity index (χ0) is 13.1. The number of alkyl halides is 3. The van der Waals surface area contributed by atoms with Crippen LogP contribution in [0.15, 0.2) is 18.2 Å². The van der Waals surface area contributed by atoms with Gasteiger partial charge >= 0.3 is 6.18 Å². The number of methoxy groups -OCH3 is 1. The van der Waals surface area contributed by atoms with Crippen molar-refractivity contribution in [1.82, 2.24) is 0 Å². The molecule has 0 amide bonds. The van der Waals surface area contributed by atoms with Gasteiger partial charge in [-0.25, -0.2) is 4.39 Å². The molecule has 1 aromatic carbocycles. The van der Waals surface area contributed by atoms with E-state index < -0.39 is 17.6 Å². The molecule has 0 aliphatic heterocycles. The Hall–Kier alpha value is -1.30. The van der Waals surface area contributed by atoms with Crippen molar-refractivity contribution in [2.75, 3.05) is 19.0 Å². The molecule has 0 aromatic heterocycles. The molecule has 0 heterocycles. The topological polar surface area (TPSA) is 21.3 Å². The van der Waals surface area contributed by atoms with Gasteiger partial charge in [-0.05, 0) is 25.1 Å². The van der Waals surface area contributed by atoms with Crippen molar-refractivity contribution in [3.63, 3.8) is 0 Å². The number of halogens is 4. The van der Waals surface area contributed by atoms with Crippen molar-refractivity contribution >= 4 is 5.69 Å². The molecule has 1 unspecified atom stereocenters. The van der Waals surface area contributed by atoms with Gasteiger partial charge in [-0.3, -0.25) is 0 Å². The van der Waals surface area contributed by atoms with Crippen LogP contribution in [-0.4, -0.2) is 19.8 Å².